The maximum absolute atomic E-state index is 12.8. The highest BCUT2D eigenvalue weighted by molar-refractivity contribution is 5.71. The zero-order chi connectivity index (χ0) is 45.8. The smallest absolute Gasteiger partial charge is 0.306 e. The van der Waals surface area contributed by atoms with Crippen LogP contribution in [0.5, 0.6) is 0 Å². The second-order valence-corrected chi connectivity index (χ2v) is 17.1. The molecule has 1 atom stereocenters. The molecule has 0 aromatic rings. The van der Waals surface area contributed by atoms with Gasteiger partial charge in [-0.25, -0.2) is 0 Å². The first kappa shape index (κ1) is 59.6. The summed E-state index contributed by atoms with van der Waals surface area (Å²) in [6.07, 6.45) is 65.7. The van der Waals surface area contributed by atoms with Crippen molar-refractivity contribution in [3.8, 4) is 0 Å². The third kappa shape index (κ3) is 49.5. The maximum Gasteiger partial charge on any atom is 0.306 e. The molecule has 0 unspecified atom stereocenters. The molecule has 0 aliphatic heterocycles. The average Bonchev–Trinajstić information content (AvgIpc) is 3.28. The van der Waals surface area contributed by atoms with Crippen molar-refractivity contribution in [2.45, 2.75) is 245 Å². The lowest BCUT2D eigenvalue weighted by Gasteiger charge is -2.18. The normalized spacial score (nSPS) is 12.7. The van der Waals surface area contributed by atoms with Crippen LogP contribution in [-0.2, 0) is 28.6 Å². The fraction of sp³-hybridized carbons (Fsp3) is 0.702. The van der Waals surface area contributed by atoms with Crippen molar-refractivity contribution in [2.75, 3.05) is 13.2 Å². The van der Waals surface area contributed by atoms with Gasteiger partial charge in [-0.05, 0) is 109 Å². The molecular formula is C57H96O6. The molecule has 0 radical (unpaired) electrons. The van der Waals surface area contributed by atoms with Crippen LogP contribution in [-0.4, -0.2) is 37.2 Å². The Hall–Kier alpha value is -3.41. The zero-order valence-electron chi connectivity index (χ0n) is 41.1. The van der Waals surface area contributed by atoms with Crippen LogP contribution in [0.4, 0.5) is 0 Å². The molecule has 0 aliphatic carbocycles. The first-order valence-corrected chi connectivity index (χ1v) is 26.1. The summed E-state index contributed by atoms with van der Waals surface area (Å²) in [4.78, 5) is 37.9. The number of unbranched alkanes of at least 4 members (excludes halogenated alkanes) is 21. The number of hydrogen-bond donors (Lipinski definition) is 0. The van der Waals surface area contributed by atoms with Crippen molar-refractivity contribution in [1.29, 1.82) is 0 Å². The summed E-state index contributed by atoms with van der Waals surface area (Å²) >= 11 is 0. The standard InChI is InChI=1S/C57H96O6/c1-4-7-10-13-16-19-22-24-26-28-30-32-35-38-41-44-47-50-56(59)62-53-54(52-61-55(58)49-46-43-40-37-34-21-18-15-12-9-6-3)63-57(60)51-48-45-42-39-36-33-31-29-27-25-23-20-17-14-11-8-5-2/h15-16,18-19,24-27,30-33,39,42,54H,4-14,17,20-23,28-29,34-38,40-41,43-53H2,1-3H3/b18-15-,19-16-,26-24-,27-25-,32-30-,33-31-,42-39-/t54-/m0/s1. The van der Waals surface area contributed by atoms with E-state index in [2.05, 4.69) is 106 Å². The molecule has 0 rings (SSSR count). The molecule has 6 nitrogen and oxygen atoms in total. The van der Waals surface area contributed by atoms with E-state index in [-0.39, 0.29) is 37.5 Å². The zero-order valence-corrected chi connectivity index (χ0v) is 41.1. The van der Waals surface area contributed by atoms with Crippen molar-refractivity contribution >= 4 is 17.9 Å². The highest BCUT2D eigenvalue weighted by Gasteiger charge is 2.19. The number of ether oxygens (including phenoxy) is 3. The van der Waals surface area contributed by atoms with Crippen LogP contribution in [0, 0.1) is 0 Å². The third-order valence-electron chi connectivity index (χ3n) is 10.8. The topological polar surface area (TPSA) is 78.9 Å². The fourth-order valence-corrected chi connectivity index (χ4v) is 6.86. The summed E-state index contributed by atoms with van der Waals surface area (Å²) in [5, 5.41) is 0. The van der Waals surface area contributed by atoms with E-state index in [1.54, 1.807) is 0 Å². The van der Waals surface area contributed by atoms with Gasteiger partial charge in [-0.1, -0.05) is 196 Å². The van der Waals surface area contributed by atoms with E-state index >= 15 is 0 Å². The predicted octanol–water partition coefficient (Wildman–Crippen LogP) is 17.2. The number of allylic oxidation sites excluding steroid dienone is 14. The quantitative estimate of drug-likeness (QED) is 0.0262. The molecule has 0 fully saturated rings. The van der Waals surface area contributed by atoms with Crippen molar-refractivity contribution in [3.63, 3.8) is 0 Å². The number of hydrogen-bond acceptors (Lipinski definition) is 6. The molecule has 0 aromatic carbocycles. The second kappa shape index (κ2) is 51.2. The Bertz CT molecular complexity index is 1240. The van der Waals surface area contributed by atoms with Gasteiger partial charge >= 0.3 is 17.9 Å². The molecule has 0 saturated carbocycles. The minimum absolute atomic E-state index is 0.109. The van der Waals surface area contributed by atoms with Crippen molar-refractivity contribution in [1.82, 2.24) is 0 Å². The molecule has 360 valence electrons. The molecular weight excluding hydrogens is 781 g/mol. The van der Waals surface area contributed by atoms with Crippen LogP contribution in [0.25, 0.3) is 0 Å². The molecule has 0 aromatic heterocycles. The molecule has 63 heavy (non-hydrogen) atoms. The van der Waals surface area contributed by atoms with Gasteiger partial charge < -0.3 is 14.2 Å². The summed E-state index contributed by atoms with van der Waals surface area (Å²) in [5.41, 5.74) is 0. The molecule has 0 amide bonds. The Kier molecular flexibility index (Phi) is 48.5. The summed E-state index contributed by atoms with van der Waals surface area (Å²) in [7, 11) is 0. The Labute approximate surface area is 388 Å². The van der Waals surface area contributed by atoms with Crippen molar-refractivity contribution < 1.29 is 28.6 Å². The monoisotopic (exact) mass is 877 g/mol. The van der Waals surface area contributed by atoms with E-state index in [0.717, 1.165) is 96.3 Å². The van der Waals surface area contributed by atoms with Gasteiger partial charge in [0.15, 0.2) is 6.10 Å². The van der Waals surface area contributed by atoms with Gasteiger partial charge in [-0.15, -0.1) is 0 Å². The summed E-state index contributed by atoms with van der Waals surface area (Å²) in [6, 6.07) is 0. The van der Waals surface area contributed by atoms with Crippen LogP contribution in [0.15, 0.2) is 85.1 Å². The molecule has 0 saturated heterocycles. The Balaban J connectivity index is 4.50. The lowest BCUT2D eigenvalue weighted by Crippen LogP contribution is -2.30. The van der Waals surface area contributed by atoms with E-state index < -0.39 is 6.10 Å². The second-order valence-electron chi connectivity index (χ2n) is 17.1. The van der Waals surface area contributed by atoms with Crippen LogP contribution in [0.3, 0.4) is 0 Å². The van der Waals surface area contributed by atoms with Crippen molar-refractivity contribution in [3.05, 3.63) is 85.1 Å². The molecule has 0 heterocycles. The first-order valence-electron chi connectivity index (χ1n) is 26.1. The molecule has 0 aliphatic rings. The fourth-order valence-electron chi connectivity index (χ4n) is 6.86. The van der Waals surface area contributed by atoms with E-state index in [0.29, 0.717) is 19.3 Å². The van der Waals surface area contributed by atoms with Gasteiger partial charge in [0.25, 0.3) is 0 Å². The third-order valence-corrected chi connectivity index (χ3v) is 10.8. The SMILES string of the molecule is CCCC/C=C\CCCCCCCC(=O)OC[C@@H](COC(=O)CCCCCC/C=C\C/C=C\C/C=C\CCCCC)OC(=O)CCC/C=C\C/C=C\C/C=C\CCCCCCCC. The first-order chi connectivity index (χ1) is 31.0. The average molecular weight is 877 g/mol. The minimum atomic E-state index is -0.815. The number of carbonyl (C=O) groups excluding carboxylic acids is 3. The lowest BCUT2D eigenvalue weighted by molar-refractivity contribution is -0.167. The van der Waals surface area contributed by atoms with Gasteiger partial charge in [0, 0.05) is 19.3 Å². The van der Waals surface area contributed by atoms with Gasteiger partial charge in [-0.2, -0.15) is 0 Å². The summed E-state index contributed by atoms with van der Waals surface area (Å²) in [6.45, 7) is 6.49. The number of carbonyl (C=O) groups is 3. The van der Waals surface area contributed by atoms with Crippen LogP contribution < -0.4 is 0 Å². The largest absolute Gasteiger partial charge is 0.462 e. The summed E-state index contributed by atoms with van der Waals surface area (Å²) in [5.74, 6) is -0.995. The highest BCUT2D eigenvalue weighted by atomic mass is 16.6. The van der Waals surface area contributed by atoms with E-state index in [4.69, 9.17) is 14.2 Å². The number of esters is 3. The predicted molar refractivity (Wildman–Crippen MR) is 270 cm³/mol. The van der Waals surface area contributed by atoms with Crippen LogP contribution in [0.2, 0.25) is 0 Å². The van der Waals surface area contributed by atoms with Crippen molar-refractivity contribution in [2.24, 2.45) is 0 Å². The van der Waals surface area contributed by atoms with Gasteiger partial charge in [0.1, 0.15) is 13.2 Å². The van der Waals surface area contributed by atoms with Gasteiger partial charge in [0.05, 0.1) is 0 Å². The van der Waals surface area contributed by atoms with Gasteiger partial charge in [0.2, 0.25) is 0 Å². The molecule has 6 heteroatoms. The van der Waals surface area contributed by atoms with E-state index in [1.165, 1.54) is 96.3 Å². The van der Waals surface area contributed by atoms with Crippen LogP contribution >= 0.6 is 0 Å². The lowest BCUT2D eigenvalue weighted by atomic mass is 10.1. The number of rotatable bonds is 46. The maximum atomic E-state index is 12.8. The Morgan fingerprint density at radius 3 is 1.03 bits per heavy atom. The highest BCUT2D eigenvalue weighted by Crippen LogP contribution is 2.12. The van der Waals surface area contributed by atoms with Crippen LogP contribution in [0.1, 0.15) is 239 Å². The van der Waals surface area contributed by atoms with E-state index in [9.17, 15) is 14.4 Å². The molecule has 0 spiro atoms. The molecule has 0 N–H and O–H groups in total. The Morgan fingerprint density at radius 1 is 0.317 bits per heavy atom. The van der Waals surface area contributed by atoms with E-state index in [1.807, 2.05) is 0 Å². The Morgan fingerprint density at radius 2 is 0.603 bits per heavy atom. The minimum Gasteiger partial charge on any atom is -0.462 e. The summed E-state index contributed by atoms with van der Waals surface area (Å²) < 4.78 is 16.7. The molecule has 0 bridgehead atoms. The van der Waals surface area contributed by atoms with Gasteiger partial charge in [-0.3, -0.25) is 14.4 Å².